The van der Waals surface area contributed by atoms with Crippen molar-refractivity contribution in [1.29, 1.82) is 0 Å². The molecule has 0 aromatic heterocycles. The van der Waals surface area contributed by atoms with Crippen molar-refractivity contribution in [3.63, 3.8) is 0 Å². The van der Waals surface area contributed by atoms with Crippen LogP contribution in [0.2, 0.25) is 0 Å². The Morgan fingerprint density at radius 1 is 0.743 bits per heavy atom. The van der Waals surface area contributed by atoms with Gasteiger partial charge in [-0.3, -0.25) is 4.79 Å². The van der Waals surface area contributed by atoms with Crippen LogP contribution in [-0.4, -0.2) is 19.6 Å². The molecule has 0 fully saturated rings. The topological polar surface area (TPSA) is 38.8 Å². The summed E-state index contributed by atoms with van der Waals surface area (Å²) in [7, 11) is 1.65. The number of para-hydroxylation sites is 1. The minimum Gasteiger partial charge on any atom is -0.497 e. The number of benzene rings is 4. The summed E-state index contributed by atoms with van der Waals surface area (Å²) in [6, 6.07) is 36.0. The van der Waals surface area contributed by atoms with Gasteiger partial charge in [-0.2, -0.15) is 0 Å². The van der Waals surface area contributed by atoms with E-state index >= 15 is 0 Å². The van der Waals surface area contributed by atoms with Crippen LogP contribution in [0.1, 0.15) is 22.3 Å². The van der Waals surface area contributed by atoms with Gasteiger partial charge in [0.25, 0.3) is 5.91 Å². The average molecular weight is 462 g/mol. The molecule has 174 valence electrons. The van der Waals surface area contributed by atoms with E-state index < -0.39 is 0 Å². The minimum atomic E-state index is -0.0100. The first-order chi connectivity index (χ1) is 17.2. The Labute approximate surface area is 206 Å². The van der Waals surface area contributed by atoms with Crippen molar-refractivity contribution in [3.05, 3.63) is 131 Å². The highest BCUT2D eigenvalue weighted by molar-refractivity contribution is 6.37. The fraction of sp³-hybridized carbons (Fsp3) is 0.129. The molecule has 0 atom stereocenters. The first-order valence-corrected chi connectivity index (χ1v) is 11.7. The van der Waals surface area contributed by atoms with Crippen LogP contribution in [0.4, 0.5) is 5.69 Å². The van der Waals surface area contributed by atoms with Crippen LogP contribution in [0.15, 0.2) is 109 Å². The van der Waals surface area contributed by atoms with E-state index in [2.05, 4.69) is 0 Å². The number of ether oxygens (including phenoxy) is 2. The van der Waals surface area contributed by atoms with Crippen LogP contribution in [0, 0.1) is 0 Å². The monoisotopic (exact) mass is 461 g/mol. The molecule has 1 amide bonds. The number of carbonyl (C=O) groups excluding carboxylic acids is 1. The largest absolute Gasteiger partial charge is 0.497 e. The summed E-state index contributed by atoms with van der Waals surface area (Å²) in [6.07, 6.45) is 0. The van der Waals surface area contributed by atoms with Crippen molar-refractivity contribution in [1.82, 2.24) is 0 Å². The van der Waals surface area contributed by atoms with Gasteiger partial charge in [0.05, 0.1) is 38.1 Å². The Morgan fingerprint density at radius 3 is 2.06 bits per heavy atom. The summed E-state index contributed by atoms with van der Waals surface area (Å²) in [4.78, 5) is 15.8. The molecule has 1 aliphatic heterocycles. The number of rotatable bonds is 8. The molecule has 0 N–H and O–H groups in total. The van der Waals surface area contributed by atoms with E-state index in [4.69, 9.17) is 9.47 Å². The number of carbonyl (C=O) groups is 1. The van der Waals surface area contributed by atoms with E-state index in [-0.39, 0.29) is 5.91 Å². The van der Waals surface area contributed by atoms with Gasteiger partial charge in [-0.05, 0) is 40.5 Å². The Balaban J connectivity index is 1.55. The highest BCUT2D eigenvalue weighted by atomic mass is 16.5. The average Bonchev–Trinajstić information content (AvgIpc) is 3.19. The maximum Gasteiger partial charge on any atom is 0.259 e. The highest BCUT2D eigenvalue weighted by Crippen LogP contribution is 2.41. The lowest BCUT2D eigenvalue weighted by atomic mass is 9.96. The number of amides is 1. The van der Waals surface area contributed by atoms with E-state index in [1.165, 1.54) is 0 Å². The van der Waals surface area contributed by atoms with Crippen LogP contribution in [0.5, 0.6) is 5.75 Å². The second-order valence-corrected chi connectivity index (χ2v) is 8.45. The number of anilines is 1. The lowest BCUT2D eigenvalue weighted by molar-refractivity contribution is -0.113. The molecular formula is C31H27NO3. The smallest absolute Gasteiger partial charge is 0.259 e. The van der Waals surface area contributed by atoms with Crippen molar-refractivity contribution in [2.75, 3.05) is 18.6 Å². The molecule has 4 heteroatoms. The zero-order chi connectivity index (χ0) is 24.0. The minimum absolute atomic E-state index is 0.0100. The van der Waals surface area contributed by atoms with Gasteiger partial charge in [0, 0.05) is 5.56 Å². The molecular weight excluding hydrogens is 434 g/mol. The molecule has 0 aliphatic carbocycles. The Bertz CT molecular complexity index is 1330. The van der Waals surface area contributed by atoms with Gasteiger partial charge in [0.2, 0.25) is 0 Å². The summed E-state index contributed by atoms with van der Waals surface area (Å²) in [5.41, 5.74) is 6.54. The van der Waals surface area contributed by atoms with E-state index in [0.29, 0.717) is 25.3 Å². The molecule has 1 aliphatic rings. The van der Waals surface area contributed by atoms with Crippen LogP contribution in [-0.2, 0) is 22.7 Å². The fourth-order valence-electron chi connectivity index (χ4n) is 4.43. The first-order valence-electron chi connectivity index (χ1n) is 11.7. The Morgan fingerprint density at radius 2 is 1.37 bits per heavy atom. The first kappa shape index (κ1) is 22.6. The lowest BCUT2D eigenvalue weighted by Crippen LogP contribution is -2.26. The molecule has 0 radical (unpaired) electrons. The number of fused-ring (bicyclic) bond motifs is 1. The second kappa shape index (κ2) is 10.4. The third kappa shape index (κ3) is 4.88. The van der Waals surface area contributed by atoms with Gasteiger partial charge >= 0.3 is 0 Å². The lowest BCUT2D eigenvalue weighted by Gasteiger charge is -2.18. The molecule has 0 spiro atoms. The van der Waals surface area contributed by atoms with Gasteiger partial charge < -0.3 is 14.4 Å². The highest BCUT2D eigenvalue weighted by Gasteiger charge is 2.34. The normalized spacial score (nSPS) is 14.1. The second-order valence-electron chi connectivity index (χ2n) is 8.45. The molecule has 0 saturated heterocycles. The molecule has 4 nitrogen and oxygen atoms in total. The molecule has 5 rings (SSSR count). The molecule has 4 aromatic rings. The number of nitrogens with zero attached hydrogens (tertiary/aromatic N) is 1. The van der Waals surface area contributed by atoms with Crippen LogP contribution < -0.4 is 9.64 Å². The Hall–Kier alpha value is -4.15. The van der Waals surface area contributed by atoms with E-state index in [1.807, 2.05) is 114 Å². The standard InChI is InChI=1S/C31H27NO3/c1-34-26-18-16-25(17-19-26)28(22-35-21-24-12-6-3-7-13-24)30-27-14-8-9-15-29(27)32(31(30)33)20-23-10-4-2-5-11-23/h2-19H,20-22H2,1H3/b30-28+. The third-order valence-corrected chi connectivity index (χ3v) is 6.20. The molecule has 0 unspecified atom stereocenters. The molecule has 35 heavy (non-hydrogen) atoms. The quantitative estimate of drug-likeness (QED) is 0.286. The maximum atomic E-state index is 13.9. The van der Waals surface area contributed by atoms with Crippen molar-refractivity contribution in [2.24, 2.45) is 0 Å². The molecule has 0 saturated carbocycles. The number of hydrogen-bond donors (Lipinski definition) is 0. The van der Waals surface area contributed by atoms with Crippen LogP contribution >= 0.6 is 0 Å². The predicted molar refractivity (Wildman–Crippen MR) is 140 cm³/mol. The fourth-order valence-corrected chi connectivity index (χ4v) is 4.43. The summed E-state index contributed by atoms with van der Waals surface area (Å²) >= 11 is 0. The van der Waals surface area contributed by atoms with Gasteiger partial charge in [-0.25, -0.2) is 0 Å². The maximum absolute atomic E-state index is 13.9. The summed E-state index contributed by atoms with van der Waals surface area (Å²) in [5, 5.41) is 0. The number of hydrogen-bond acceptors (Lipinski definition) is 3. The predicted octanol–water partition coefficient (Wildman–Crippen LogP) is 6.37. The van der Waals surface area contributed by atoms with Gasteiger partial charge in [0.1, 0.15) is 5.75 Å². The zero-order valence-electron chi connectivity index (χ0n) is 19.7. The molecule has 0 bridgehead atoms. The van der Waals surface area contributed by atoms with E-state index in [9.17, 15) is 4.79 Å². The summed E-state index contributed by atoms with van der Waals surface area (Å²) < 4.78 is 11.5. The van der Waals surface area contributed by atoms with Crippen molar-refractivity contribution < 1.29 is 14.3 Å². The van der Waals surface area contributed by atoms with E-state index in [1.54, 1.807) is 7.11 Å². The van der Waals surface area contributed by atoms with Crippen molar-refractivity contribution in [2.45, 2.75) is 13.2 Å². The summed E-state index contributed by atoms with van der Waals surface area (Å²) in [5.74, 6) is 0.760. The number of methoxy groups -OCH3 is 1. The molecule has 4 aromatic carbocycles. The Kier molecular flexibility index (Phi) is 6.73. The zero-order valence-corrected chi connectivity index (χ0v) is 19.7. The third-order valence-electron chi connectivity index (χ3n) is 6.20. The SMILES string of the molecule is COc1ccc(/C(COCc2ccccc2)=C2/C(=O)N(Cc3ccccc3)c3ccccc32)cc1. The van der Waals surface area contributed by atoms with E-state index in [0.717, 1.165) is 39.3 Å². The molecule has 1 heterocycles. The van der Waals surface area contributed by atoms with Gasteiger partial charge in [0.15, 0.2) is 0 Å². The van der Waals surface area contributed by atoms with Crippen molar-refractivity contribution in [3.8, 4) is 5.75 Å². The van der Waals surface area contributed by atoms with Crippen molar-refractivity contribution >= 4 is 22.7 Å². The van der Waals surface area contributed by atoms with Gasteiger partial charge in [-0.15, -0.1) is 0 Å². The van der Waals surface area contributed by atoms with Crippen LogP contribution in [0.3, 0.4) is 0 Å². The summed E-state index contributed by atoms with van der Waals surface area (Å²) in [6.45, 7) is 1.30. The van der Waals surface area contributed by atoms with Crippen LogP contribution in [0.25, 0.3) is 11.1 Å². The van der Waals surface area contributed by atoms with Gasteiger partial charge in [-0.1, -0.05) is 91.0 Å².